The minimum atomic E-state index is -0.0171. The first-order valence-electron chi connectivity index (χ1n) is 6.81. The van der Waals surface area contributed by atoms with Gasteiger partial charge in [-0.3, -0.25) is 9.69 Å². The lowest BCUT2D eigenvalue weighted by Gasteiger charge is -2.28. The molecule has 112 valence electrons. The molecule has 1 unspecified atom stereocenters. The van der Waals surface area contributed by atoms with Gasteiger partial charge in [0.1, 0.15) is 0 Å². The summed E-state index contributed by atoms with van der Waals surface area (Å²) < 4.78 is 4.90. The van der Waals surface area contributed by atoms with Crippen molar-refractivity contribution in [1.82, 2.24) is 10.2 Å². The van der Waals surface area contributed by atoms with E-state index in [9.17, 15) is 4.79 Å². The summed E-state index contributed by atoms with van der Waals surface area (Å²) in [5, 5.41) is 2.81. The van der Waals surface area contributed by atoms with Gasteiger partial charge in [0.25, 0.3) is 0 Å². The van der Waals surface area contributed by atoms with E-state index in [1.165, 1.54) is 11.1 Å². The van der Waals surface area contributed by atoms with Crippen LogP contribution in [0.4, 0.5) is 0 Å². The van der Waals surface area contributed by atoms with Gasteiger partial charge in [-0.1, -0.05) is 24.3 Å². The monoisotopic (exact) mass is 279 g/mol. The van der Waals surface area contributed by atoms with E-state index in [0.717, 1.165) is 0 Å². The van der Waals surface area contributed by atoms with Gasteiger partial charge in [-0.05, 0) is 25.1 Å². The Labute approximate surface area is 121 Å². The number of carbonyl (C=O) groups excluding carboxylic acids is 1. The maximum Gasteiger partial charge on any atom is 0.234 e. The lowest BCUT2D eigenvalue weighted by atomic mass is 10.0. The van der Waals surface area contributed by atoms with Gasteiger partial charge in [0.05, 0.1) is 13.2 Å². The van der Waals surface area contributed by atoms with E-state index in [4.69, 9.17) is 10.5 Å². The average Bonchev–Trinajstić information content (AvgIpc) is 2.42. The zero-order valence-electron chi connectivity index (χ0n) is 12.6. The second kappa shape index (κ2) is 8.68. The number of methoxy groups -OCH3 is 1. The molecule has 0 saturated carbocycles. The SMILES string of the molecule is COCCNC(=O)CN(C)C(CN)c1ccccc1C. The van der Waals surface area contributed by atoms with Crippen LogP contribution in [0.5, 0.6) is 0 Å². The van der Waals surface area contributed by atoms with Gasteiger partial charge in [0.15, 0.2) is 0 Å². The summed E-state index contributed by atoms with van der Waals surface area (Å²) in [6.45, 7) is 3.91. The Bertz CT molecular complexity index is 423. The van der Waals surface area contributed by atoms with Crippen molar-refractivity contribution in [2.45, 2.75) is 13.0 Å². The van der Waals surface area contributed by atoms with Crippen LogP contribution in [-0.2, 0) is 9.53 Å². The fourth-order valence-corrected chi connectivity index (χ4v) is 2.19. The van der Waals surface area contributed by atoms with Crippen molar-refractivity contribution in [3.8, 4) is 0 Å². The van der Waals surface area contributed by atoms with Crippen LogP contribution in [0.3, 0.4) is 0 Å². The average molecular weight is 279 g/mol. The fourth-order valence-electron chi connectivity index (χ4n) is 2.19. The second-order valence-corrected chi connectivity index (χ2v) is 4.87. The summed E-state index contributed by atoms with van der Waals surface area (Å²) in [5.74, 6) is -0.0171. The van der Waals surface area contributed by atoms with E-state index in [1.807, 2.05) is 24.1 Å². The highest BCUT2D eigenvalue weighted by molar-refractivity contribution is 5.78. The molecule has 0 aromatic heterocycles. The van der Waals surface area contributed by atoms with Crippen molar-refractivity contribution in [3.05, 3.63) is 35.4 Å². The first-order valence-corrected chi connectivity index (χ1v) is 6.81. The summed E-state index contributed by atoms with van der Waals surface area (Å²) in [6.07, 6.45) is 0. The molecule has 0 radical (unpaired) electrons. The number of amides is 1. The van der Waals surface area contributed by atoms with Gasteiger partial charge < -0.3 is 15.8 Å². The number of benzene rings is 1. The lowest BCUT2D eigenvalue weighted by molar-refractivity contribution is -0.122. The summed E-state index contributed by atoms with van der Waals surface area (Å²) in [7, 11) is 3.53. The predicted molar refractivity (Wildman–Crippen MR) is 80.5 cm³/mol. The van der Waals surface area contributed by atoms with Gasteiger partial charge in [0, 0.05) is 26.2 Å². The summed E-state index contributed by atoms with van der Waals surface area (Å²) >= 11 is 0. The molecular weight excluding hydrogens is 254 g/mol. The minimum absolute atomic E-state index is 0.0171. The molecule has 0 fully saturated rings. The molecule has 3 N–H and O–H groups in total. The number of nitrogens with two attached hydrogens (primary N) is 1. The number of carbonyl (C=O) groups is 1. The Kier molecular flexibility index (Phi) is 7.22. The van der Waals surface area contributed by atoms with Crippen LogP contribution in [0.15, 0.2) is 24.3 Å². The zero-order chi connectivity index (χ0) is 15.0. The van der Waals surface area contributed by atoms with E-state index in [1.54, 1.807) is 7.11 Å². The molecule has 1 rings (SSSR count). The van der Waals surface area contributed by atoms with E-state index >= 15 is 0 Å². The van der Waals surface area contributed by atoms with Gasteiger partial charge in [-0.2, -0.15) is 0 Å². The van der Waals surface area contributed by atoms with Gasteiger partial charge in [-0.25, -0.2) is 0 Å². The first-order chi connectivity index (χ1) is 9.60. The smallest absolute Gasteiger partial charge is 0.234 e. The van der Waals surface area contributed by atoms with Crippen molar-refractivity contribution >= 4 is 5.91 Å². The highest BCUT2D eigenvalue weighted by Gasteiger charge is 2.19. The quantitative estimate of drug-likeness (QED) is 0.687. The summed E-state index contributed by atoms with van der Waals surface area (Å²) in [4.78, 5) is 13.8. The number of nitrogens with zero attached hydrogens (tertiary/aromatic N) is 1. The molecule has 5 heteroatoms. The van der Waals surface area contributed by atoms with E-state index in [-0.39, 0.29) is 11.9 Å². The predicted octanol–water partition coefficient (Wildman–Crippen LogP) is 0.689. The second-order valence-electron chi connectivity index (χ2n) is 4.87. The Morgan fingerprint density at radius 3 is 2.75 bits per heavy atom. The molecular formula is C15H25N3O2. The third-order valence-corrected chi connectivity index (χ3v) is 3.32. The molecule has 0 spiro atoms. The van der Waals surface area contributed by atoms with Gasteiger partial charge >= 0.3 is 0 Å². The van der Waals surface area contributed by atoms with Crippen molar-refractivity contribution < 1.29 is 9.53 Å². The van der Waals surface area contributed by atoms with Crippen LogP contribution < -0.4 is 11.1 Å². The molecule has 0 aliphatic carbocycles. The Hall–Kier alpha value is -1.43. The third-order valence-electron chi connectivity index (χ3n) is 3.32. The van der Waals surface area contributed by atoms with Gasteiger partial charge in [0.2, 0.25) is 5.91 Å². The number of rotatable bonds is 8. The molecule has 0 saturated heterocycles. The minimum Gasteiger partial charge on any atom is -0.383 e. The molecule has 0 aliphatic heterocycles. The van der Waals surface area contributed by atoms with Crippen LogP contribution in [0.1, 0.15) is 17.2 Å². The highest BCUT2D eigenvalue weighted by atomic mass is 16.5. The Morgan fingerprint density at radius 2 is 2.15 bits per heavy atom. The molecule has 5 nitrogen and oxygen atoms in total. The summed E-state index contributed by atoms with van der Waals surface area (Å²) in [6, 6.07) is 8.17. The van der Waals surface area contributed by atoms with Crippen molar-refractivity contribution in [3.63, 3.8) is 0 Å². The van der Waals surface area contributed by atoms with E-state index < -0.39 is 0 Å². The third kappa shape index (κ3) is 4.92. The maximum absolute atomic E-state index is 11.8. The normalized spacial score (nSPS) is 12.4. The number of ether oxygens (including phenoxy) is 1. The number of hydrogen-bond donors (Lipinski definition) is 2. The zero-order valence-corrected chi connectivity index (χ0v) is 12.6. The molecule has 0 bridgehead atoms. The van der Waals surface area contributed by atoms with Crippen molar-refractivity contribution in [2.75, 3.05) is 40.4 Å². The number of aryl methyl sites for hydroxylation is 1. The van der Waals surface area contributed by atoms with Crippen molar-refractivity contribution in [1.29, 1.82) is 0 Å². The van der Waals surface area contributed by atoms with E-state index in [2.05, 4.69) is 24.4 Å². The molecule has 1 aromatic rings. The van der Waals surface area contributed by atoms with E-state index in [0.29, 0.717) is 26.2 Å². The van der Waals surface area contributed by atoms with Crippen molar-refractivity contribution in [2.24, 2.45) is 5.73 Å². The standard InChI is InChI=1S/C15H25N3O2/c1-12-6-4-5-7-13(12)14(10-16)18(2)11-15(19)17-8-9-20-3/h4-7,14H,8-11,16H2,1-3H3,(H,17,19). The number of hydrogen-bond acceptors (Lipinski definition) is 4. The van der Waals surface area contributed by atoms with Crippen LogP contribution in [0.25, 0.3) is 0 Å². The molecule has 0 heterocycles. The number of likely N-dealkylation sites (N-methyl/N-ethyl adjacent to an activating group) is 1. The van der Waals surface area contributed by atoms with Crippen LogP contribution in [0, 0.1) is 6.92 Å². The Morgan fingerprint density at radius 1 is 1.45 bits per heavy atom. The molecule has 1 amide bonds. The first kappa shape index (κ1) is 16.6. The maximum atomic E-state index is 11.8. The molecule has 20 heavy (non-hydrogen) atoms. The number of nitrogens with one attached hydrogen (secondary N) is 1. The Balaban J connectivity index is 2.61. The molecule has 0 aliphatic rings. The topological polar surface area (TPSA) is 67.6 Å². The fraction of sp³-hybridized carbons (Fsp3) is 0.533. The lowest BCUT2D eigenvalue weighted by Crippen LogP contribution is -2.40. The van der Waals surface area contributed by atoms with Gasteiger partial charge in [-0.15, -0.1) is 0 Å². The van der Waals surface area contributed by atoms with Crippen LogP contribution in [0.2, 0.25) is 0 Å². The molecule has 1 aromatic carbocycles. The van der Waals surface area contributed by atoms with Crippen LogP contribution >= 0.6 is 0 Å². The molecule has 1 atom stereocenters. The van der Waals surface area contributed by atoms with Crippen LogP contribution in [-0.4, -0.2) is 51.2 Å². The highest BCUT2D eigenvalue weighted by Crippen LogP contribution is 2.21. The summed E-state index contributed by atoms with van der Waals surface area (Å²) in [5.41, 5.74) is 8.24. The largest absolute Gasteiger partial charge is 0.383 e.